The van der Waals surface area contributed by atoms with Crippen LogP contribution in [0.3, 0.4) is 0 Å². The van der Waals surface area contributed by atoms with E-state index in [0.717, 1.165) is 15.9 Å². The zero-order chi connectivity index (χ0) is 9.52. The SMILES string of the molecule is CCCCCNc1ncncc1I. The quantitative estimate of drug-likeness (QED) is 0.669. The summed E-state index contributed by atoms with van der Waals surface area (Å²) >= 11 is 2.23. The van der Waals surface area contributed by atoms with Gasteiger partial charge in [-0.1, -0.05) is 19.8 Å². The van der Waals surface area contributed by atoms with Crippen LogP contribution in [0, 0.1) is 3.57 Å². The fourth-order valence-electron chi connectivity index (χ4n) is 1.02. The number of anilines is 1. The maximum Gasteiger partial charge on any atom is 0.142 e. The molecule has 1 N–H and O–H groups in total. The zero-order valence-electron chi connectivity index (χ0n) is 7.76. The fraction of sp³-hybridized carbons (Fsp3) is 0.556. The van der Waals surface area contributed by atoms with Crippen LogP contribution >= 0.6 is 22.6 Å². The highest BCUT2D eigenvalue weighted by molar-refractivity contribution is 14.1. The third kappa shape index (κ3) is 3.89. The third-order valence-corrected chi connectivity index (χ3v) is 2.53. The van der Waals surface area contributed by atoms with Crippen LogP contribution in [0.25, 0.3) is 0 Å². The number of hydrogen-bond donors (Lipinski definition) is 1. The van der Waals surface area contributed by atoms with Gasteiger partial charge in [0.05, 0.1) is 3.57 Å². The molecule has 1 aromatic rings. The first-order valence-electron chi connectivity index (χ1n) is 4.54. The second-order valence-electron chi connectivity index (χ2n) is 2.85. The highest BCUT2D eigenvalue weighted by Crippen LogP contribution is 2.12. The lowest BCUT2D eigenvalue weighted by atomic mass is 10.2. The summed E-state index contributed by atoms with van der Waals surface area (Å²) in [6.07, 6.45) is 7.12. The molecule has 0 aliphatic rings. The van der Waals surface area contributed by atoms with Crippen molar-refractivity contribution >= 4 is 28.4 Å². The molecule has 0 aliphatic carbocycles. The van der Waals surface area contributed by atoms with Crippen molar-refractivity contribution in [2.24, 2.45) is 0 Å². The van der Waals surface area contributed by atoms with E-state index in [-0.39, 0.29) is 0 Å². The van der Waals surface area contributed by atoms with E-state index in [1.165, 1.54) is 19.3 Å². The minimum atomic E-state index is 0.951. The molecule has 0 radical (unpaired) electrons. The van der Waals surface area contributed by atoms with Crippen LogP contribution in [-0.4, -0.2) is 16.5 Å². The number of unbranched alkanes of at least 4 members (excludes halogenated alkanes) is 2. The molecule has 1 heterocycles. The molecule has 0 unspecified atom stereocenters. The maximum absolute atomic E-state index is 4.15. The molecular formula is C9H14IN3. The van der Waals surface area contributed by atoms with Crippen LogP contribution in [0.5, 0.6) is 0 Å². The largest absolute Gasteiger partial charge is 0.369 e. The molecule has 0 bridgehead atoms. The summed E-state index contributed by atoms with van der Waals surface area (Å²) in [7, 11) is 0. The minimum absolute atomic E-state index is 0.951. The molecule has 0 aliphatic heterocycles. The predicted octanol–water partition coefficient (Wildman–Crippen LogP) is 2.68. The van der Waals surface area contributed by atoms with Crippen LogP contribution in [0.15, 0.2) is 12.5 Å². The maximum atomic E-state index is 4.15. The number of nitrogens with zero attached hydrogens (tertiary/aromatic N) is 2. The second-order valence-corrected chi connectivity index (χ2v) is 4.02. The standard InChI is InChI=1S/C9H14IN3/c1-2-3-4-5-12-9-8(10)6-11-7-13-9/h6-7H,2-5H2,1H3,(H,11,12,13). The van der Waals surface area contributed by atoms with Gasteiger partial charge in [0.25, 0.3) is 0 Å². The van der Waals surface area contributed by atoms with Crippen LogP contribution in [0.2, 0.25) is 0 Å². The molecule has 0 amide bonds. The monoisotopic (exact) mass is 291 g/mol. The summed E-state index contributed by atoms with van der Waals surface area (Å²) in [6.45, 7) is 3.20. The first-order valence-corrected chi connectivity index (χ1v) is 5.62. The minimum Gasteiger partial charge on any atom is -0.369 e. The Balaban J connectivity index is 2.32. The number of aromatic nitrogens is 2. The van der Waals surface area contributed by atoms with Gasteiger partial charge in [-0.25, -0.2) is 9.97 Å². The lowest BCUT2D eigenvalue weighted by molar-refractivity contribution is 0.742. The van der Waals surface area contributed by atoms with Crippen molar-refractivity contribution in [1.82, 2.24) is 9.97 Å². The lowest BCUT2D eigenvalue weighted by Gasteiger charge is -2.05. The Bertz CT molecular complexity index is 252. The van der Waals surface area contributed by atoms with E-state index in [9.17, 15) is 0 Å². The summed E-state index contributed by atoms with van der Waals surface area (Å²) in [6, 6.07) is 0. The number of halogens is 1. The first-order chi connectivity index (χ1) is 6.34. The van der Waals surface area contributed by atoms with Crippen molar-refractivity contribution in [2.45, 2.75) is 26.2 Å². The predicted molar refractivity (Wildman–Crippen MR) is 62.8 cm³/mol. The summed E-state index contributed by atoms with van der Waals surface area (Å²) in [5, 5.41) is 3.29. The van der Waals surface area contributed by atoms with E-state index in [0.29, 0.717) is 0 Å². The molecule has 0 aromatic carbocycles. The van der Waals surface area contributed by atoms with Crippen molar-refractivity contribution in [1.29, 1.82) is 0 Å². The fourth-order valence-corrected chi connectivity index (χ4v) is 1.52. The van der Waals surface area contributed by atoms with Gasteiger partial charge >= 0.3 is 0 Å². The van der Waals surface area contributed by atoms with Gasteiger partial charge in [0.15, 0.2) is 0 Å². The van der Waals surface area contributed by atoms with Gasteiger partial charge in [0.2, 0.25) is 0 Å². The van der Waals surface area contributed by atoms with Crippen LogP contribution < -0.4 is 5.32 Å². The van der Waals surface area contributed by atoms with Gasteiger partial charge in [-0.05, 0) is 29.0 Å². The topological polar surface area (TPSA) is 37.8 Å². The molecule has 0 fully saturated rings. The van der Waals surface area contributed by atoms with Crippen molar-refractivity contribution < 1.29 is 0 Å². The molecule has 0 atom stereocenters. The van der Waals surface area contributed by atoms with Crippen LogP contribution in [0.1, 0.15) is 26.2 Å². The molecule has 4 heteroatoms. The Labute approximate surface area is 92.5 Å². The zero-order valence-corrected chi connectivity index (χ0v) is 9.91. The average Bonchev–Trinajstić information content (AvgIpc) is 2.15. The van der Waals surface area contributed by atoms with E-state index in [2.05, 4.69) is 44.8 Å². The molecule has 3 nitrogen and oxygen atoms in total. The third-order valence-electron chi connectivity index (χ3n) is 1.74. The van der Waals surface area contributed by atoms with Gasteiger partial charge in [-0.3, -0.25) is 0 Å². The lowest BCUT2D eigenvalue weighted by Crippen LogP contribution is -2.04. The Morgan fingerprint density at radius 2 is 2.31 bits per heavy atom. The van der Waals surface area contributed by atoms with Crippen molar-refractivity contribution in [3.63, 3.8) is 0 Å². The Morgan fingerprint density at radius 1 is 1.46 bits per heavy atom. The Hall–Kier alpha value is -0.390. The van der Waals surface area contributed by atoms with E-state index >= 15 is 0 Å². The van der Waals surface area contributed by atoms with Crippen molar-refractivity contribution in [3.05, 3.63) is 16.1 Å². The number of rotatable bonds is 5. The van der Waals surface area contributed by atoms with E-state index in [4.69, 9.17) is 0 Å². The van der Waals surface area contributed by atoms with Gasteiger partial charge < -0.3 is 5.32 Å². The summed E-state index contributed by atoms with van der Waals surface area (Å²) in [4.78, 5) is 8.08. The molecule has 1 rings (SSSR count). The van der Waals surface area contributed by atoms with E-state index in [1.807, 2.05) is 6.20 Å². The van der Waals surface area contributed by atoms with Gasteiger partial charge in [-0.15, -0.1) is 0 Å². The van der Waals surface area contributed by atoms with E-state index < -0.39 is 0 Å². The van der Waals surface area contributed by atoms with Crippen molar-refractivity contribution in [2.75, 3.05) is 11.9 Å². The highest BCUT2D eigenvalue weighted by Gasteiger charge is 1.97. The molecule has 72 valence electrons. The molecule has 1 aromatic heterocycles. The summed E-state index contributed by atoms with van der Waals surface area (Å²) < 4.78 is 1.08. The van der Waals surface area contributed by atoms with Crippen LogP contribution in [-0.2, 0) is 0 Å². The number of nitrogens with one attached hydrogen (secondary N) is 1. The Kier molecular flexibility index (Phi) is 5.03. The molecule has 13 heavy (non-hydrogen) atoms. The average molecular weight is 291 g/mol. The van der Waals surface area contributed by atoms with Gasteiger partial charge in [-0.2, -0.15) is 0 Å². The summed E-state index contributed by atoms with van der Waals surface area (Å²) in [5.74, 6) is 0.951. The highest BCUT2D eigenvalue weighted by atomic mass is 127. The molecule has 0 saturated heterocycles. The van der Waals surface area contributed by atoms with E-state index in [1.54, 1.807) is 6.33 Å². The molecule has 0 saturated carbocycles. The van der Waals surface area contributed by atoms with Crippen LogP contribution in [0.4, 0.5) is 5.82 Å². The van der Waals surface area contributed by atoms with Gasteiger partial charge in [0, 0.05) is 12.7 Å². The van der Waals surface area contributed by atoms with Crippen molar-refractivity contribution in [3.8, 4) is 0 Å². The Morgan fingerprint density at radius 3 is 3.00 bits per heavy atom. The molecular weight excluding hydrogens is 277 g/mol. The second kappa shape index (κ2) is 6.12. The first kappa shape index (κ1) is 10.7. The van der Waals surface area contributed by atoms with Gasteiger partial charge in [0.1, 0.15) is 12.1 Å². The normalized spacial score (nSPS) is 10.0. The smallest absolute Gasteiger partial charge is 0.142 e. The number of hydrogen-bond acceptors (Lipinski definition) is 3. The molecule has 0 spiro atoms. The summed E-state index contributed by atoms with van der Waals surface area (Å²) in [5.41, 5.74) is 0.